The van der Waals surface area contributed by atoms with Crippen LogP contribution in [0.1, 0.15) is 10.4 Å². The Morgan fingerprint density at radius 2 is 1.66 bits per heavy atom. The molecular formula is C24H23ClN4O2S. The fraction of sp³-hybridized carbons (Fsp3) is 0.208. The molecule has 2 aromatic carbocycles. The molecule has 1 aromatic heterocycles. The Kier molecular flexibility index (Phi) is 7.42. The predicted molar refractivity (Wildman–Crippen MR) is 127 cm³/mol. The van der Waals surface area contributed by atoms with Crippen molar-refractivity contribution in [2.45, 2.75) is 9.92 Å². The number of halogens is 1. The highest BCUT2D eigenvalue weighted by Crippen LogP contribution is 2.29. The van der Waals surface area contributed by atoms with Crippen LogP contribution in [0.5, 0.6) is 0 Å². The minimum absolute atomic E-state index is 0.0308. The molecule has 4 rings (SSSR count). The third-order valence-corrected chi connectivity index (χ3v) is 6.49. The van der Waals surface area contributed by atoms with Crippen molar-refractivity contribution in [2.75, 3.05) is 38.0 Å². The normalized spacial score (nSPS) is 14.2. The number of nitrogens with zero attached hydrogens (tertiary/aromatic N) is 3. The molecule has 1 aliphatic heterocycles. The van der Waals surface area contributed by atoms with Gasteiger partial charge in [0, 0.05) is 37.3 Å². The number of piperazine rings is 1. The van der Waals surface area contributed by atoms with Crippen LogP contribution in [0.15, 0.2) is 82.8 Å². The number of carbonyl (C=O) groups excluding carboxylic acids is 2. The number of carbonyl (C=O) groups is 2. The van der Waals surface area contributed by atoms with Gasteiger partial charge in [-0.1, -0.05) is 53.7 Å². The predicted octanol–water partition coefficient (Wildman–Crippen LogP) is 4.28. The largest absolute Gasteiger partial charge is 0.336 e. The third-order valence-electron chi connectivity index (χ3n) is 5.13. The van der Waals surface area contributed by atoms with E-state index in [0.717, 1.165) is 4.90 Å². The number of aromatic nitrogens is 1. The first-order valence-corrected chi connectivity index (χ1v) is 11.5. The Labute approximate surface area is 196 Å². The summed E-state index contributed by atoms with van der Waals surface area (Å²) >= 11 is 7.59. The molecule has 6 nitrogen and oxygen atoms in total. The Hall–Kier alpha value is -2.87. The molecule has 0 aliphatic carbocycles. The zero-order valence-corrected chi connectivity index (χ0v) is 19.0. The van der Waals surface area contributed by atoms with Crippen LogP contribution < -0.4 is 5.32 Å². The smallest absolute Gasteiger partial charge is 0.256 e. The zero-order valence-electron chi connectivity index (χ0n) is 17.4. The summed E-state index contributed by atoms with van der Waals surface area (Å²) in [4.78, 5) is 34.9. The molecule has 2 heterocycles. The number of anilines is 1. The highest BCUT2D eigenvalue weighted by molar-refractivity contribution is 7.99. The maximum atomic E-state index is 13.2. The molecule has 164 valence electrons. The van der Waals surface area contributed by atoms with Crippen molar-refractivity contribution in [3.8, 4) is 0 Å². The van der Waals surface area contributed by atoms with Gasteiger partial charge in [0.05, 0.1) is 22.8 Å². The van der Waals surface area contributed by atoms with E-state index in [1.54, 1.807) is 24.4 Å². The lowest BCUT2D eigenvalue weighted by atomic mass is 10.2. The lowest BCUT2D eigenvalue weighted by Crippen LogP contribution is -2.50. The highest BCUT2D eigenvalue weighted by Gasteiger charge is 2.25. The lowest BCUT2D eigenvalue weighted by Gasteiger charge is -2.34. The van der Waals surface area contributed by atoms with E-state index in [0.29, 0.717) is 47.5 Å². The second-order valence-corrected chi connectivity index (χ2v) is 8.84. The van der Waals surface area contributed by atoms with Gasteiger partial charge in [0.25, 0.3) is 5.91 Å². The van der Waals surface area contributed by atoms with Crippen LogP contribution >= 0.6 is 23.4 Å². The molecule has 2 amide bonds. The van der Waals surface area contributed by atoms with Gasteiger partial charge in [-0.25, -0.2) is 4.98 Å². The first-order chi connectivity index (χ1) is 15.6. The molecule has 0 atom stereocenters. The minimum Gasteiger partial charge on any atom is -0.336 e. The van der Waals surface area contributed by atoms with Gasteiger partial charge in [0.15, 0.2) is 0 Å². The molecule has 0 unspecified atom stereocenters. The van der Waals surface area contributed by atoms with E-state index in [4.69, 9.17) is 11.6 Å². The van der Waals surface area contributed by atoms with Gasteiger partial charge in [0.2, 0.25) is 5.91 Å². The van der Waals surface area contributed by atoms with Crippen LogP contribution in [0.25, 0.3) is 0 Å². The summed E-state index contributed by atoms with van der Waals surface area (Å²) in [6.07, 6.45) is 1.71. The average molecular weight is 467 g/mol. The van der Waals surface area contributed by atoms with Crippen molar-refractivity contribution in [3.05, 3.63) is 83.5 Å². The molecule has 0 radical (unpaired) electrons. The van der Waals surface area contributed by atoms with Gasteiger partial charge in [-0.2, -0.15) is 0 Å². The summed E-state index contributed by atoms with van der Waals surface area (Å²) in [7, 11) is 0. The van der Waals surface area contributed by atoms with Crippen molar-refractivity contribution in [1.29, 1.82) is 0 Å². The first kappa shape index (κ1) is 22.3. The van der Waals surface area contributed by atoms with E-state index in [1.165, 1.54) is 11.8 Å². The molecule has 0 bridgehead atoms. The molecule has 0 spiro atoms. The van der Waals surface area contributed by atoms with Crippen LogP contribution in [0.2, 0.25) is 5.02 Å². The Bertz CT molecular complexity index is 1090. The molecule has 1 saturated heterocycles. The number of nitrogens with one attached hydrogen (secondary N) is 1. The van der Waals surface area contributed by atoms with Crippen LogP contribution in [0, 0.1) is 0 Å². The fourth-order valence-electron chi connectivity index (χ4n) is 3.47. The van der Waals surface area contributed by atoms with Gasteiger partial charge in [0.1, 0.15) is 5.03 Å². The van der Waals surface area contributed by atoms with Crippen molar-refractivity contribution in [2.24, 2.45) is 0 Å². The summed E-state index contributed by atoms with van der Waals surface area (Å²) < 4.78 is 0. The molecule has 1 aliphatic rings. The molecule has 0 saturated carbocycles. The van der Waals surface area contributed by atoms with Crippen LogP contribution in [0.4, 0.5) is 5.69 Å². The quantitative estimate of drug-likeness (QED) is 0.587. The van der Waals surface area contributed by atoms with Gasteiger partial charge < -0.3 is 10.2 Å². The molecule has 1 fully saturated rings. The van der Waals surface area contributed by atoms with Crippen molar-refractivity contribution < 1.29 is 9.59 Å². The third kappa shape index (κ3) is 5.68. The van der Waals surface area contributed by atoms with Crippen molar-refractivity contribution >= 4 is 40.9 Å². The van der Waals surface area contributed by atoms with E-state index in [-0.39, 0.29) is 18.4 Å². The lowest BCUT2D eigenvalue weighted by molar-refractivity contribution is -0.117. The summed E-state index contributed by atoms with van der Waals surface area (Å²) in [5.41, 5.74) is 1.21. The van der Waals surface area contributed by atoms with Crippen LogP contribution in [-0.4, -0.2) is 59.3 Å². The van der Waals surface area contributed by atoms with E-state index in [9.17, 15) is 9.59 Å². The maximum absolute atomic E-state index is 13.2. The number of hydrogen-bond acceptors (Lipinski definition) is 5. The molecule has 32 heavy (non-hydrogen) atoms. The Morgan fingerprint density at radius 3 is 2.41 bits per heavy atom. The summed E-state index contributed by atoms with van der Waals surface area (Å²) in [5, 5.41) is 4.05. The van der Waals surface area contributed by atoms with Crippen molar-refractivity contribution in [1.82, 2.24) is 14.8 Å². The molecule has 3 aromatic rings. The minimum atomic E-state index is -0.119. The molecular weight excluding hydrogens is 444 g/mol. The van der Waals surface area contributed by atoms with Gasteiger partial charge in [-0.05, 0) is 36.4 Å². The van der Waals surface area contributed by atoms with E-state index in [1.807, 2.05) is 58.3 Å². The SMILES string of the molecule is O=C(CN1CCN(C(=O)c2cccnc2Sc2ccccc2)CC1)Nc1ccccc1Cl. The zero-order chi connectivity index (χ0) is 22.3. The van der Waals surface area contributed by atoms with Gasteiger partial charge in [-0.15, -0.1) is 0 Å². The number of amides is 2. The van der Waals surface area contributed by atoms with E-state index >= 15 is 0 Å². The van der Waals surface area contributed by atoms with Gasteiger partial charge >= 0.3 is 0 Å². The summed E-state index contributed by atoms with van der Waals surface area (Å²) in [5.74, 6) is -0.150. The monoisotopic (exact) mass is 466 g/mol. The molecule has 8 heteroatoms. The number of para-hydroxylation sites is 1. The number of pyridine rings is 1. The Morgan fingerprint density at radius 1 is 0.938 bits per heavy atom. The number of hydrogen-bond donors (Lipinski definition) is 1. The Balaban J connectivity index is 1.33. The second kappa shape index (κ2) is 10.6. The fourth-order valence-corrected chi connectivity index (χ4v) is 4.55. The average Bonchev–Trinajstić information content (AvgIpc) is 2.82. The summed E-state index contributed by atoms with van der Waals surface area (Å²) in [6, 6.07) is 20.7. The second-order valence-electron chi connectivity index (χ2n) is 7.37. The van der Waals surface area contributed by atoms with Crippen LogP contribution in [-0.2, 0) is 4.79 Å². The van der Waals surface area contributed by atoms with E-state index < -0.39 is 0 Å². The topological polar surface area (TPSA) is 65.5 Å². The maximum Gasteiger partial charge on any atom is 0.256 e. The van der Waals surface area contributed by atoms with Crippen molar-refractivity contribution in [3.63, 3.8) is 0 Å². The number of rotatable bonds is 6. The van der Waals surface area contributed by atoms with Crippen LogP contribution in [0.3, 0.4) is 0 Å². The van der Waals surface area contributed by atoms with E-state index in [2.05, 4.69) is 10.3 Å². The first-order valence-electron chi connectivity index (χ1n) is 10.3. The standard InChI is InChI=1S/C24H23ClN4O2S/c25-20-10-4-5-11-21(20)27-22(30)17-28-13-15-29(16-14-28)24(31)19-9-6-12-26-23(19)32-18-7-2-1-3-8-18/h1-12H,13-17H2,(H,27,30). The highest BCUT2D eigenvalue weighted by atomic mass is 35.5. The summed E-state index contributed by atoms with van der Waals surface area (Å²) in [6.45, 7) is 2.63. The molecule has 1 N–H and O–H groups in total. The number of benzene rings is 2. The van der Waals surface area contributed by atoms with Gasteiger partial charge in [-0.3, -0.25) is 14.5 Å².